The van der Waals surface area contributed by atoms with Crippen LogP contribution in [0.3, 0.4) is 0 Å². The Labute approximate surface area is 221 Å². The molecule has 3 aromatic rings. The summed E-state index contributed by atoms with van der Waals surface area (Å²) in [5.41, 5.74) is 2.75. The number of ether oxygens (including phenoxy) is 4. The van der Waals surface area contributed by atoms with Gasteiger partial charge in [0.15, 0.2) is 23.1 Å². The molecular weight excluding hydrogens is 494 g/mol. The van der Waals surface area contributed by atoms with E-state index in [1.165, 1.54) is 12.5 Å². The number of benzene rings is 2. The molecule has 1 aromatic heterocycles. The number of hydrogen-bond acceptors (Lipinski definition) is 8. The number of nitrogens with zero attached hydrogens (tertiary/aromatic N) is 4. The van der Waals surface area contributed by atoms with Gasteiger partial charge in [-0.1, -0.05) is 0 Å². The van der Waals surface area contributed by atoms with Gasteiger partial charge >= 0.3 is 0 Å². The molecule has 10 heteroatoms. The highest BCUT2D eigenvalue weighted by atomic mass is 19.2. The lowest BCUT2D eigenvalue weighted by molar-refractivity contribution is 0.237. The fraction of sp³-hybridized carbons (Fsp3) is 0.429. The van der Waals surface area contributed by atoms with Gasteiger partial charge in [-0.25, -0.2) is 13.8 Å². The molecule has 1 fully saturated rings. The van der Waals surface area contributed by atoms with Gasteiger partial charge in [0, 0.05) is 45.2 Å². The molecule has 2 aliphatic rings. The van der Waals surface area contributed by atoms with Crippen LogP contribution in [-0.4, -0.2) is 55.8 Å². The fourth-order valence-corrected chi connectivity index (χ4v) is 5.02. The molecule has 38 heavy (non-hydrogen) atoms. The molecule has 0 bridgehead atoms. The van der Waals surface area contributed by atoms with Crippen LogP contribution in [0.2, 0.25) is 0 Å². The first-order valence-corrected chi connectivity index (χ1v) is 12.8. The molecule has 0 radical (unpaired) electrons. The molecule has 0 unspecified atom stereocenters. The number of aromatic nitrogens is 2. The SMILES string of the molecule is COc1cc(CN2CCc3nc(N4CCCCC4)nc(Oc4ccc(F)c(F)c4)c3C2)cc(OC)c1OC. The van der Waals surface area contributed by atoms with Gasteiger partial charge in [-0.3, -0.25) is 4.90 Å². The summed E-state index contributed by atoms with van der Waals surface area (Å²) in [5, 5.41) is 0. The Balaban J connectivity index is 1.45. The summed E-state index contributed by atoms with van der Waals surface area (Å²) in [6.45, 7) is 3.71. The Morgan fingerprint density at radius 1 is 0.842 bits per heavy atom. The van der Waals surface area contributed by atoms with Gasteiger partial charge in [0.2, 0.25) is 17.6 Å². The van der Waals surface area contributed by atoms with E-state index < -0.39 is 11.6 Å². The zero-order chi connectivity index (χ0) is 26.6. The number of hydrogen-bond donors (Lipinski definition) is 0. The van der Waals surface area contributed by atoms with Crippen molar-refractivity contribution in [2.45, 2.75) is 38.8 Å². The second-order valence-corrected chi connectivity index (χ2v) is 9.47. The minimum Gasteiger partial charge on any atom is -0.493 e. The van der Waals surface area contributed by atoms with Gasteiger partial charge in [0.1, 0.15) is 5.75 Å². The summed E-state index contributed by atoms with van der Waals surface area (Å²) in [7, 11) is 4.77. The van der Waals surface area contributed by atoms with Crippen LogP contribution in [-0.2, 0) is 19.5 Å². The van der Waals surface area contributed by atoms with Gasteiger partial charge in [-0.2, -0.15) is 4.98 Å². The van der Waals surface area contributed by atoms with Crippen LogP contribution in [0, 0.1) is 11.6 Å². The number of halogens is 2. The van der Waals surface area contributed by atoms with Crippen molar-refractivity contribution in [3.05, 3.63) is 58.8 Å². The largest absolute Gasteiger partial charge is 0.493 e. The smallest absolute Gasteiger partial charge is 0.228 e. The van der Waals surface area contributed by atoms with Gasteiger partial charge in [-0.15, -0.1) is 0 Å². The standard InChI is InChI=1S/C28H32F2N4O4/c1-35-24-13-18(14-25(36-2)26(24)37-3)16-33-12-9-23-20(17-33)27(38-19-7-8-21(29)22(30)15-19)32-28(31-23)34-10-5-4-6-11-34/h7-8,13-15H,4-6,9-12,16-17H2,1-3H3. The van der Waals surface area contributed by atoms with E-state index in [0.717, 1.165) is 61.4 Å². The molecule has 2 aliphatic heterocycles. The minimum absolute atomic E-state index is 0.191. The van der Waals surface area contributed by atoms with Crippen molar-refractivity contribution in [1.29, 1.82) is 0 Å². The number of rotatable bonds is 8. The molecule has 0 aliphatic carbocycles. The lowest BCUT2D eigenvalue weighted by atomic mass is 10.0. The molecule has 202 valence electrons. The van der Waals surface area contributed by atoms with Crippen molar-refractivity contribution in [1.82, 2.24) is 14.9 Å². The summed E-state index contributed by atoms with van der Waals surface area (Å²) >= 11 is 0. The van der Waals surface area contributed by atoms with Crippen LogP contribution in [0.5, 0.6) is 28.9 Å². The quantitative estimate of drug-likeness (QED) is 0.401. The Morgan fingerprint density at radius 3 is 2.24 bits per heavy atom. The zero-order valence-corrected chi connectivity index (χ0v) is 21.9. The van der Waals surface area contributed by atoms with Crippen LogP contribution < -0.4 is 23.8 Å². The van der Waals surface area contributed by atoms with Crippen molar-refractivity contribution in [3.8, 4) is 28.9 Å². The van der Waals surface area contributed by atoms with Crippen LogP contribution in [0.15, 0.2) is 30.3 Å². The molecule has 0 atom stereocenters. The van der Waals surface area contributed by atoms with Crippen LogP contribution in [0.1, 0.15) is 36.1 Å². The first-order valence-electron chi connectivity index (χ1n) is 12.8. The molecule has 0 amide bonds. The van der Waals surface area contributed by atoms with Crippen molar-refractivity contribution < 1.29 is 27.7 Å². The van der Waals surface area contributed by atoms with Gasteiger partial charge in [0.25, 0.3) is 0 Å². The third kappa shape index (κ3) is 5.45. The molecule has 8 nitrogen and oxygen atoms in total. The Kier molecular flexibility index (Phi) is 7.78. The van der Waals surface area contributed by atoms with E-state index in [1.807, 2.05) is 12.1 Å². The normalized spacial score (nSPS) is 15.7. The van der Waals surface area contributed by atoms with Crippen molar-refractivity contribution in [3.63, 3.8) is 0 Å². The van der Waals surface area contributed by atoms with Gasteiger partial charge in [0.05, 0.1) is 32.6 Å². The molecule has 0 saturated carbocycles. The van der Waals surface area contributed by atoms with E-state index in [-0.39, 0.29) is 5.75 Å². The Hall–Kier alpha value is -3.66. The molecule has 1 saturated heterocycles. The lowest BCUT2D eigenvalue weighted by Crippen LogP contribution is -2.34. The second kappa shape index (κ2) is 11.4. The van der Waals surface area contributed by atoms with Gasteiger partial charge < -0.3 is 23.8 Å². The second-order valence-electron chi connectivity index (χ2n) is 9.47. The third-order valence-corrected chi connectivity index (χ3v) is 6.96. The van der Waals surface area contributed by atoms with E-state index in [9.17, 15) is 8.78 Å². The summed E-state index contributed by atoms with van der Waals surface area (Å²) in [6, 6.07) is 7.38. The first kappa shape index (κ1) is 26.0. The van der Waals surface area contributed by atoms with Crippen molar-refractivity contribution in [2.24, 2.45) is 0 Å². The topological polar surface area (TPSA) is 69.2 Å². The maximum atomic E-state index is 13.9. The van der Waals surface area contributed by atoms with Crippen LogP contribution >= 0.6 is 0 Å². The Bertz CT molecular complexity index is 1280. The molecule has 0 N–H and O–H groups in total. The number of fused-ring (bicyclic) bond motifs is 1. The van der Waals surface area contributed by atoms with E-state index in [1.54, 1.807) is 21.3 Å². The highest BCUT2D eigenvalue weighted by molar-refractivity contribution is 5.54. The highest BCUT2D eigenvalue weighted by Gasteiger charge is 2.27. The fourth-order valence-electron chi connectivity index (χ4n) is 5.02. The average Bonchev–Trinajstić information content (AvgIpc) is 2.95. The van der Waals surface area contributed by atoms with Crippen molar-refractivity contribution >= 4 is 5.95 Å². The minimum atomic E-state index is -0.967. The molecule has 5 rings (SSSR count). The lowest BCUT2D eigenvalue weighted by Gasteiger charge is -2.32. The maximum absolute atomic E-state index is 13.9. The molecule has 2 aromatic carbocycles. The van der Waals surface area contributed by atoms with Crippen molar-refractivity contribution in [2.75, 3.05) is 45.9 Å². The number of piperidine rings is 1. The molecular formula is C28H32F2N4O4. The number of methoxy groups -OCH3 is 3. The zero-order valence-electron chi connectivity index (χ0n) is 21.9. The van der Waals surface area contributed by atoms with E-state index >= 15 is 0 Å². The maximum Gasteiger partial charge on any atom is 0.228 e. The predicted molar refractivity (Wildman–Crippen MR) is 138 cm³/mol. The molecule has 3 heterocycles. The summed E-state index contributed by atoms with van der Waals surface area (Å²) in [5.74, 6) is 1.03. The van der Waals surface area contributed by atoms with Crippen LogP contribution in [0.4, 0.5) is 14.7 Å². The number of anilines is 1. The Morgan fingerprint density at radius 2 is 1.58 bits per heavy atom. The third-order valence-electron chi connectivity index (χ3n) is 6.96. The average molecular weight is 527 g/mol. The first-order chi connectivity index (χ1) is 18.5. The predicted octanol–water partition coefficient (Wildman–Crippen LogP) is 5.12. The van der Waals surface area contributed by atoms with E-state index in [2.05, 4.69) is 9.80 Å². The van der Waals surface area contributed by atoms with Gasteiger partial charge in [-0.05, 0) is 49.1 Å². The molecule has 0 spiro atoms. The summed E-state index contributed by atoms with van der Waals surface area (Å²) < 4.78 is 50.0. The summed E-state index contributed by atoms with van der Waals surface area (Å²) in [4.78, 5) is 14.1. The monoisotopic (exact) mass is 526 g/mol. The van der Waals surface area contributed by atoms with E-state index in [0.29, 0.717) is 48.6 Å². The van der Waals surface area contributed by atoms with E-state index in [4.69, 9.17) is 28.9 Å². The summed E-state index contributed by atoms with van der Waals surface area (Å²) in [6.07, 6.45) is 4.07. The highest BCUT2D eigenvalue weighted by Crippen LogP contribution is 2.39. The van der Waals surface area contributed by atoms with Crippen LogP contribution in [0.25, 0.3) is 0 Å².